The highest BCUT2D eigenvalue weighted by molar-refractivity contribution is 5.58. The molecule has 1 heterocycles. The van der Waals surface area contributed by atoms with Crippen LogP contribution in [0.4, 0.5) is 11.6 Å². The van der Waals surface area contributed by atoms with Crippen LogP contribution in [0.2, 0.25) is 0 Å². The summed E-state index contributed by atoms with van der Waals surface area (Å²) in [5, 5.41) is 0. The van der Waals surface area contributed by atoms with Crippen molar-refractivity contribution in [2.45, 2.75) is 53.9 Å². The molecule has 1 aromatic heterocycles. The van der Waals surface area contributed by atoms with E-state index in [2.05, 4.69) is 54.9 Å². The van der Waals surface area contributed by atoms with E-state index in [0.717, 1.165) is 49.6 Å². The summed E-state index contributed by atoms with van der Waals surface area (Å²) in [6, 6.07) is 0. The number of nitrogens with zero attached hydrogens (tertiary/aromatic N) is 3. The monoisotopic (exact) mass is 293 g/mol. The summed E-state index contributed by atoms with van der Waals surface area (Å²) in [7, 11) is 0. The van der Waals surface area contributed by atoms with Crippen molar-refractivity contribution in [2.75, 3.05) is 23.4 Å². The molecular formula is C16H31N5. The molecule has 0 aliphatic heterocycles. The van der Waals surface area contributed by atoms with Crippen molar-refractivity contribution >= 4 is 11.6 Å². The van der Waals surface area contributed by atoms with E-state index in [9.17, 15) is 0 Å². The minimum absolute atomic E-state index is 0.686. The molecule has 0 aliphatic rings. The Morgan fingerprint density at radius 3 is 2.10 bits per heavy atom. The Labute approximate surface area is 129 Å². The third-order valence-corrected chi connectivity index (χ3v) is 3.67. The Balaban J connectivity index is 3.00. The van der Waals surface area contributed by atoms with Crippen LogP contribution in [0.25, 0.3) is 0 Å². The van der Waals surface area contributed by atoms with Crippen LogP contribution >= 0.6 is 0 Å². The lowest BCUT2D eigenvalue weighted by atomic mass is 10.1. The van der Waals surface area contributed by atoms with Crippen molar-refractivity contribution in [3.05, 3.63) is 11.9 Å². The fourth-order valence-corrected chi connectivity index (χ4v) is 2.28. The summed E-state index contributed by atoms with van der Waals surface area (Å²) in [5.74, 6) is 8.72. The van der Waals surface area contributed by atoms with Gasteiger partial charge in [0.1, 0.15) is 18.0 Å². The van der Waals surface area contributed by atoms with E-state index in [4.69, 9.17) is 5.84 Å². The molecule has 1 rings (SSSR count). The lowest BCUT2D eigenvalue weighted by Gasteiger charge is -2.27. The zero-order valence-corrected chi connectivity index (χ0v) is 14.2. The van der Waals surface area contributed by atoms with Crippen LogP contribution in [-0.4, -0.2) is 23.1 Å². The van der Waals surface area contributed by atoms with Gasteiger partial charge in [0.2, 0.25) is 0 Å². The summed E-state index contributed by atoms with van der Waals surface area (Å²) in [4.78, 5) is 11.2. The van der Waals surface area contributed by atoms with Gasteiger partial charge in [-0.1, -0.05) is 34.6 Å². The standard InChI is InChI=1S/C16H31N5/c1-6-14-15(20-17)18-11-19-16(14)21(9-7-12(2)3)10-8-13(4)5/h11-13H,6-10,17H2,1-5H3,(H,18,19,20). The second kappa shape index (κ2) is 8.82. The second-order valence-electron chi connectivity index (χ2n) is 6.37. The maximum atomic E-state index is 5.58. The number of hydrazine groups is 1. The normalized spacial score (nSPS) is 11.2. The molecule has 0 atom stereocenters. The smallest absolute Gasteiger partial charge is 0.148 e. The van der Waals surface area contributed by atoms with Crippen LogP contribution < -0.4 is 16.2 Å². The van der Waals surface area contributed by atoms with Crippen LogP contribution in [0.1, 0.15) is 53.0 Å². The van der Waals surface area contributed by atoms with Gasteiger partial charge in [-0.3, -0.25) is 0 Å². The highest BCUT2D eigenvalue weighted by Crippen LogP contribution is 2.24. The number of nitrogens with one attached hydrogen (secondary N) is 1. The summed E-state index contributed by atoms with van der Waals surface area (Å²) < 4.78 is 0. The molecular weight excluding hydrogens is 262 g/mol. The van der Waals surface area contributed by atoms with E-state index >= 15 is 0 Å². The first-order valence-corrected chi connectivity index (χ1v) is 8.04. The fraction of sp³-hybridized carbons (Fsp3) is 0.750. The van der Waals surface area contributed by atoms with E-state index in [1.807, 2.05) is 0 Å². The van der Waals surface area contributed by atoms with Gasteiger partial charge in [-0.15, -0.1) is 0 Å². The van der Waals surface area contributed by atoms with Gasteiger partial charge < -0.3 is 10.3 Å². The minimum atomic E-state index is 0.686. The number of nitrogen functional groups attached to an aromatic ring is 1. The lowest BCUT2D eigenvalue weighted by molar-refractivity contribution is 0.532. The summed E-state index contributed by atoms with van der Waals surface area (Å²) >= 11 is 0. The molecule has 120 valence electrons. The van der Waals surface area contributed by atoms with Crippen molar-refractivity contribution < 1.29 is 0 Å². The van der Waals surface area contributed by atoms with Crippen molar-refractivity contribution in [2.24, 2.45) is 17.7 Å². The Bertz CT molecular complexity index is 405. The van der Waals surface area contributed by atoms with Crippen LogP contribution in [0.15, 0.2) is 6.33 Å². The first kappa shape index (κ1) is 17.7. The Kier molecular flexibility index (Phi) is 7.43. The number of rotatable bonds is 9. The number of nitrogens with two attached hydrogens (primary N) is 1. The molecule has 0 radical (unpaired) electrons. The largest absolute Gasteiger partial charge is 0.356 e. The highest BCUT2D eigenvalue weighted by atomic mass is 15.3. The van der Waals surface area contributed by atoms with Gasteiger partial charge in [-0.05, 0) is 31.1 Å². The van der Waals surface area contributed by atoms with E-state index in [0.29, 0.717) is 11.8 Å². The Morgan fingerprint density at radius 2 is 1.67 bits per heavy atom. The highest BCUT2D eigenvalue weighted by Gasteiger charge is 2.16. The fourth-order valence-electron chi connectivity index (χ4n) is 2.28. The summed E-state index contributed by atoms with van der Waals surface area (Å²) in [5.41, 5.74) is 3.80. The van der Waals surface area contributed by atoms with Crippen LogP contribution in [0.5, 0.6) is 0 Å². The number of anilines is 2. The molecule has 0 aromatic carbocycles. The molecule has 0 saturated heterocycles. The van der Waals surface area contributed by atoms with Crippen LogP contribution in [-0.2, 0) is 6.42 Å². The number of hydrogen-bond donors (Lipinski definition) is 2. The van der Waals surface area contributed by atoms with E-state index < -0.39 is 0 Å². The van der Waals surface area contributed by atoms with Gasteiger partial charge in [0, 0.05) is 18.7 Å². The molecule has 0 unspecified atom stereocenters. The molecule has 0 saturated carbocycles. The molecule has 0 amide bonds. The minimum Gasteiger partial charge on any atom is -0.356 e. The van der Waals surface area contributed by atoms with Crippen molar-refractivity contribution in [3.63, 3.8) is 0 Å². The molecule has 21 heavy (non-hydrogen) atoms. The third-order valence-electron chi connectivity index (χ3n) is 3.67. The molecule has 5 nitrogen and oxygen atoms in total. The average molecular weight is 293 g/mol. The van der Waals surface area contributed by atoms with E-state index in [1.54, 1.807) is 6.33 Å². The Hall–Kier alpha value is -1.36. The lowest BCUT2D eigenvalue weighted by Crippen LogP contribution is -2.30. The SMILES string of the molecule is CCc1c(NN)ncnc1N(CCC(C)C)CCC(C)C. The second-order valence-corrected chi connectivity index (χ2v) is 6.37. The molecule has 0 bridgehead atoms. The molecule has 0 aliphatic carbocycles. The van der Waals surface area contributed by atoms with Gasteiger partial charge in [0.15, 0.2) is 0 Å². The zero-order chi connectivity index (χ0) is 15.8. The molecule has 5 heteroatoms. The van der Waals surface area contributed by atoms with Gasteiger partial charge in [-0.25, -0.2) is 15.8 Å². The predicted octanol–water partition coefficient (Wildman–Crippen LogP) is 3.22. The maximum absolute atomic E-state index is 5.58. The van der Waals surface area contributed by atoms with Crippen molar-refractivity contribution in [1.29, 1.82) is 0 Å². The average Bonchev–Trinajstić information content (AvgIpc) is 2.45. The first-order chi connectivity index (χ1) is 9.99. The van der Waals surface area contributed by atoms with Gasteiger partial charge in [0.25, 0.3) is 0 Å². The quantitative estimate of drug-likeness (QED) is 0.540. The van der Waals surface area contributed by atoms with Gasteiger partial charge in [-0.2, -0.15) is 0 Å². The van der Waals surface area contributed by atoms with E-state index in [1.165, 1.54) is 0 Å². The maximum Gasteiger partial charge on any atom is 0.148 e. The Morgan fingerprint density at radius 1 is 1.10 bits per heavy atom. The first-order valence-electron chi connectivity index (χ1n) is 8.04. The number of aromatic nitrogens is 2. The third kappa shape index (κ3) is 5.50. The predicted molar refractivity (Wildman–Crippen MR) is 90.3 cm³/mol. The van der Waals surface area contributed by atoms with Crippen LogP contribution in [0.3, 0.4) is 0 Å². The van der Waals surface area contributed by atoms with Crippen molar-refractivity contribution in [1.82, 2.24) is 9.97 Å². The summed E-state index contributed by atoms with van der Waals surface area (Å²) in [6.45, 7) is 13.2. The van der Waals surface area contributed by atoms with Gasteiger partial charge >= 0.3 is 0 Å². The zero-order valence-electron chi connectivity index (χ0n) is 14.2. The molecule has 0 fully saturated rings. The molecule has 1 aromatic rings. The molecule has 3 N–H and O–H groups in total. The summed E-state index contributed by atoms with van der Waals surface area (Å²) in [6.07, 6.45) is 4.80. The van der Waals surface area contributed by atoms with E-state index in [-0.39, 0.29) is 0 Å². The van der Waals surface area contributed by atoms with Crippen LogP contribution in [0, 0.1) is 11.8 Å². The van der Waals surface area contributed by atoms with Gasteiger partial charge in [0.05, 0.1) is 0 Å². The molecule has 0 spiro atoms. The van der Waals surface area contributed by atoms with Crippen molar-refractivity contribution in [3.8, 4) is 0 Å². The number of hydrogen-bond acceptors (Lipinski definition) is 5. The topological polar surface area (TPSA) is 67.1 Å².